The fourth-order valence-electron chi connectivity index (χ4n) is 2.87. The number of nitrogens with zero attached hydrogens (tertiary/aromatic N) is 4. The number of aromatic nitrogens is 4. The molecule has 4 heterocycles. The first-order valence-electron chi connectivity index (χ1n) is 8.22. The highest BCUT2D eigenvalue weighted by Gasteiger charge is 2.28. The zero-order chi connectivity index (χ0) is 18.1. The Morgan fingerprint density at radius 3 is 3.12 bits per heavy atom. The number of hydrogen-bond acceptors (Lipinski definition) is 7. The van der Waals surface area contributed by atoms with Crippen LogP contribution in [0.5, 0.6) is 5.88 Å². The van der Waals surface area contributed by atoms with E-state index < -0.39 is 0 Å². The van der Waals surface area contributed by atoms with Crippen molar-refractivity contribution in [3.8, 4) is 5.88 Å². The zero-order valence-corrected chi connectivity index (χ0v) is 14.3. The van der Waals surface area contributed by atoms with Crippen LogP contribution >= 0.6 is 0 Å². The highest BCUT2D eigenvalue weighted by atomic mass is 16.5. The molecule has 0 unspecified atom stereocenters. The monoisotopic (exact) mass is 355 g/mol. The number of hydrogen-bond donors (Lipinski definition) is 2. The Hall–Kier alpha value is -3.20. The van der Waals surface area contributed by atoms with Crippen LogP contribution < -0.4 is 20.3 Å². The second-order valence-electron chi connectivity index (χ2n) is 6.13. The molecule has 4 rings (SSSR count). The third kappa shape index (κ3) is 2.93. The molecule has 0 aromatic carbocycles. The Kier molecular flexibility index (Phi) is 4.13. The first kappa shape index (κ1) is 16.3. The van der Waals surface area contributed by atoms with Gasteiger partial charge in [0.25, 0.3) is 0 Å². The van der Waals surface area contributed by atoms with Crippen LogP contribution in [0, 0.1) is 5.92 Å². The van der Waals surface area contributed by atoms with Crippen molar-refractivity contribution in [1.82, 2.24) is 14.7 Å². The van der Waals surface area contributed by atoms with Gasteiger partial charge in [-0.05, 0) is 12.1 Å². The third-order valence-electron chi connectivity index (χ3n) is 4.25. The highest BCUT2D eigenvalue weighted by Crippen LogP contribution is 2.24. The Bertz CT molecular complexity index is 966. The van der Waals surface area contributed by atoms with Crippen LogP contribution in [0.25, 0.3) is 0 Å². The van der Waals surface area contributed by atoms with Gasteiger partial charge in [0.1, 0.15) is 11.9 Å². The number of carbonyl (C=O) groups excluding carboxylic acids is 1. The molecule has 1 saturated heterocycles. The van der Waals surface area contributed by atoms with Crippen molar-refractivity contribution in [2.75, 3.05) is 31.4 Å². The number of nitrogens with two attached hydrogens (primary N) is 1. The summed E-state index contributed by atoms with van der Waals surface area (Å²) in [5, 5.41) is 7.42. The number of carbonyl (C=O) groups is 1. The summed E-state index contributed by atoms with van der Waals surface area (Å²) in [6, 6.07) is 5.37. The number of Topliss-reactive ketones (excluding diaryl/α,β-unsaturated/α-hetero) is 1. The molecule has 26 heavy (non-hydrogen) atoms. The number of ketones is 1. The molecule has 1 aliphatic heterocycles. The van der Waals surface area contributed by atoms with Crippen LogP contribution in [0.15, 0.2) is 36.8 Å². The second kappa shape index (κ2) is 6.60. The zero-order valence-electron chi connectivity index (χ0n) is 14.3. The predicted octanol–water partition coefficient (Wildman–Crippen LogP) is 0.868. The Balaban J connectivity index is 1.68. The van der Waals surface area contributed by atoms with Gasteiger partial charge in [-0.1, -0.05) is 0 Å². The summed E-state index contributed by atoms with van der Waals surface area (Å²) in [7, 11) is 1.55. The number of anilines is 3. The van der Waals surface area contributed by atoms with E-state index in [0.717, 1.165) is 0 Å². The van der Waals surface area contributed by atoms with Crippen LogP contribution in [0.3, 0.4) is 0 Å². The lowest BCUT2D eigenvalue weighted by molar-refractivity contribution is -0.622. The maximum atomic E-state index is 12.6. The first-order chi connectivity index (χ1) is 12.7. The van der Waals surface area contributed by atoms with Gasteiger partial charge in [-0.15, -0.1) is 4.52 Å². The molecule has 0 saturated carbocycles. The number of methoxy groups -OCH3 is 1. The molecule has 0 bridgehead atoms. The second-order valence-corrected chi connectivity index (χ2v) is 6.13. The van der Waals surface area contributed by atoms with Gasteiger partial charge < -0.3 is 20.5 Å². The number of ether oxygens (including phenoxy) is 2. The molecular formula is C17H19N6O3+. The normalized spacial score (nSPS) is 14.2. The lowest BCUT2D eigenvalue weighted by Crippen LogP contribution is -2.37. The third-order valence-corrected chi connectivity index (χ3v) is 4.25. The van der Waals surface area contributed by atoms with Gasteiger partial charge in [-0.25, -0.2) is 4.98 Å². The van der Waals surface area contributed by atoms with Gasteiger partial charge in [0.05, 0.1) is 26.0 Å². The minimum atomic E-state index is 0.00816. The maximum Gasteiger partial charge on any atom is 0.242 e. The molecule has 0 aliphatic carbocycles. The molecule has 3 N–H and O–H groups in total. The smallest absolute Gasteiger partial charge is 0.242 e. The largest absolute Gasteiger partial charge is 0.480 e. The minimum absolute atomic E-state index is 0.00816. The molecule has 0 spiro atoms. The van der Waals surface area contributed by atoms with E-state index in [2.05, 4.69) is 15.4 Å². The Labute approximate surface area is 149 Å². The van der Waals surface area contributed by atoms with Gasteiger partial charge in [0, 0.05) is 34.3 Å². The number of nitrogen functional groups attached to an aromatic ring is 1. The number of rotatable bonds is 6. The fourth-order valence-corrected chi connectivity index (χ4v) is 2.87. The Morgan fingerprint density at radius 2 is 2.38 bits per heavy atom. The van der Waals surface area contributed by atoms with E-state index in [1.54, 1.807) is 36.2 Å². The van der Waals surface area contributed by atoms with E-state index in [9.17, 15) is 4.79 Å². The summed E-state index contributed by atoms with van der Waals surface area (Å²) in [4.78, 5) is 16.7. The summed E-state index contributed by atoms with van der Waals surface area (Å²) in [5.74, 6) is 1.14. The van der Waals surface area contributed by atoms with E-state index in [1.165, 1.54) is 10.8 Å². The summed E-state index contributed by atoms with van der Waals surface area (Å²) >= 11 is 0. The van der Waals surface area contributed by atoms with Gasteiger partial charge in [-0.3, -0.25) is 4.79 Å². The molecule has 1 fully saturated rings. The standard InChI is InChI=1S/C17H18N6O3/c1-25-17-13(3-2-4-19-17)21-12-6-16(18)23-20-7-14(22(23)8-12)15(24)5-11-9-26-10-11/h2-4,6-8,11H,5,9-10H2,1H3,(H2-,18,20,21,24)/p+1. The number of pyridine rings is 1. The molecule has 3 aromatic heterocycles. The van der Waals surface area contributed by atoms with Gasteiger partial charge in [0.2, 0.25) is 23.6 Å². The van der Waals surface area contributed by atoms with E-state index in [1.807, 2.05) is 6.07 Å². The Morgan fingerprint density at radius 1 is 1.54 bits per heavy atom. The topological polar surface area (TPSA) is 108 Å². The molecular weight excluding hydrogens is 336 g/mol. The van der Waals surface area contributed by atoms with Crippen molar-refractivity contribution in [2.24, 2.45) is 5.92 Å². The van der Waals surface area contributed by atoms with Crippen molar-refractivity contribution < 1.29 is 18.8 Å². The highest BCUT2D eigenvalue weighted by molar-refractivity contribution is 5.92. The molecule has 0 radical (unpaired) electrons. The summed E-state index contributed by atoms with van der Waals surface area (Å²) in [6.45, 7) is 1.26. The van der Waals surface area contributed by atoms with Crippen LogP contribution in [0.2, 0.25) is 0 Å². The molecule has 0 amide bonds. The molecule has 1 aliphatic rings. The number of nitrogens with one attached hydrogen (secondary N) is 1. The van der Waals surface area contributed by atoms with E-state index in [-0.39, 0.29) is 11.7 Å². The van der Waals surface area contributed by atoms with Crippen LogP contribution in [0.1, 0.15) is 16.9 Å². The fraction of sp³-hybridized carbons (Fsp3) is 0.294. The van der Waals surface area contributed by atoms with E-state index in [4.69, 9.17) is 15.2 Å². The van der Waals surface area contributed by atoms with Crippen molar-refractivity contribution in [3.63, 3.8) is 0 Å². The van der Waals surface area contributed by atoms with Crippen molar-refractivity contribution in [2.45, 2.75) is 6.42 Å². The van der Waals surface area contributed by atoms with E-state index >= 15 is 0 Å². The number of fused-ring (bicyclic) bond motifs is 1. The van der Waals surface area contributed by atoms with Gasteiger partial charge in [0.15, 0.2) is 5.82 Å². The van der Waals surface area contributed by atoms with Gasteiger partial charge >= 0.3 is 0 Å². The summed E-state index contributed by atoms with van der Waals surface area (Å²) < 4.78 is 13.5. The molecule has 0 atom stereocenters. The summed E-state index contributed by atoms with van der Waals surface area (Å²) in [5.41, 5.74) is 7.95. The predicted molar refractivity (Wildman–Crippen MR) is 92.6 cm³/mol. The molecule has 134 valence electrons. The lowest BCUT2D eigenvalue weighted by atomic mass is 10.00. The van der Waals surface area contributed by atoms with Crippen LogP contribution in [0.4, 0.5) is 17.2 Å². The average molecular weight is 355 g/mol. The van der Waals surface area contributed by atoms with E-state index in [0.29, 0.717) is 48.4 Å². The average Bonchev–Trinajstić information content (AvgIpc) is 3.03. The van der Waals surface area contributed by atoms with Gasteiger partial charge in [-0.2, -0.15) is 0 Å². The molecule has 3 aromatic rings. The van der Waals surface area contributed by atoms with Crippen molar-refractivity contribution >= 4 is 23.0 Å². The molecule has 9 nitrogen and oxygen atoms in total. The quantitative estimate of drug-likeness (QED) is 0.499. The van der Waals surface area contributed by atoms with Crippen molar-refractivity contribution in [1.29, 1.82) is 0 Å². The van der Waals surface area contributed by atoms with Crippen LogP contribution in [-0.2, 0) is 4.74 Å². The maximum absolute atomic E-state index is 12.6. The van der Waals surface area contributed by atoms with Crippen molar-refractivity contribution in [3.05, 3.63) is 42.5 Å². The lowest BCUT2D eigenvalue weighted by Gasteiger charge is -2.24. The molecule has 9 heteroatoms. The summed E-state index contributed by atoms with van der Waals surface area (Å²) in [6.07, 6.45) is 5.38. The SMILES string of the molecule is COc1ncccc1Nc1cc(N)n2ncc(C(=O)CC3COC3)[n+]2c1. The minimum Gasteiger partial charge on any atom is -0.480 e. The first-order valence-corrected chi connectivity index (χ1v) is 8.22. The van der Waals surface area contributed by atoms with Crippen LogP contribution in [-0.4, -0.2) is 40.8 Å².